The second-order valence-electron chi connectivity index (χ2n) is 6.00. The number of piperidine rings is 1. The van der Waals surface area contributed by atoms with Crippen LogP contribution in [0.25, 0.3) is 0 Å². The molecule has 2 fully saturated rings. The molecule has 4 heteroatoms. The first kappa shape index (κ1) is 14.8. The number of rotatable bonds is 7. The maximum atomic E-state index is 12.4. The van der Waals surface area contributed by atoms with Crippen LogP contribution in [0.3, 0.4) is 0 Å². The summed E-state index contributed by atoms with van der Waals surface area (Å²) in [6.45, 7) is 6.10. The van der Waals surface area contributed by atoms with Gasteiger partial charge in [0.25, 0.3) is 0 Å². The van der Waals surface area contributed by atoms with E-state index in [2.05, 4.69) is 17.1 Å². The van der Waals surface area contributed by atoms with Gasteiger partial charge in [-0.2, -0.15) is 0 Å². The van der Waals surface area contributed by atoms with Crippen molar-refractivity contribution < 1.29 is 9.53 Å². The molecule has 0 spiro atoms. The van der Waals surface area contributed by atoms with Crippen LogP contribution < -0.4 is 5.32 Å². The third-order valence-corrected chi connectivity index (χ3v) is 4.44. The van der Waals surface area contributed by atoms with Crippen LogP contribution in [-0.4, -0.2) is 49.7 Å². The molecule has 0 aromatic carbocycles. The maximum absolute atomic E-state index is 12.4. The van der Waals surface area contributed by atoms with E-state index in [9.17, 15) is 4.79 Å². The van der Waals surface area contributed by atoms with Gasteiger partial charge in [0.2, 0.25) is 0 Å². The van der Waals surface area contributed by atoms with Crippen LogP contribution in [0.15, 0.2) is 0 Å². The van der Waals surface area contributed by atoms with Gasteiger partial charge in [0.15, 0.2) is 0 Å². The zero-order chi connectivity index (χ0) is 13.7. The van der Waals surface area contributed by atoms with Crippen LogP contribution in [-0.2, 0) is 9.53 Å². The first-order valence-corrected chi connectivity index (χ1v) is 7.78. The highest BCUT2D eigenvalue weighted by molar-refractivity contribution is 5.82. The molecule has 1 heterocycles. The Kier molecular flexibility index (Phi) is 5.22. The second-order valence-corrected chi connectivity index (χ2v) is 6.00. The Morgan fingerprint density at radius 2 is 2.00 bits per heavy atom. The summed E-state index contributed by atoms with van der Waals surface area (Å²) < 4.78 is 5.13. The zero-order valence-corrected chi connectivity index (χ0v) is 12.4. The lowest BCUT2D eigenvalue weighted by Gasteiger charge is -2.38. The van der Waals surface area contributed by atoms with Crippen LogP contribution in [0.1, 0.15) is 45.4 Å². The topological polar surface area (TPSA) is 41.6 Å². The molecule has 2 rings (SSSR count). The second kappa shape index (κ2) is 6.71. The number of ether oxygens (including phenoxy) is 1. The molecule has 4 nitrogen and oxygen atoms in total. The molecule has 0 bridgehead atoms. The van der Waals surface area contributed by atoms with Gasteiger partial charge in [0.1, 0.15) is 5.54 Å². The van der Waals surface area contributed by atoms with E-state index in [1.54, 1.807) is 0 Å². The lowest BCUT2D eigenvalue weighted by atomic mass is 9.91. The van der Waals surface area contributed by atoms with Gasteiger partial charge in [-0.15, -0.1) is 0 Å². The highest BCUT2D eigenvalue weighted by Gasteiger charge is 2.52. The molecule has 1 N–H and O–H groups in total. The van der Waals surface area contributed by atoms with Gasteiger partial charge in [-0.1, -0.05) is 13.3 Å². The summed E-state index contributed by atoms with van der Waals surface area (Å²) in [5.74, 6) is 0.405. The third-order valence-electron chi connectivity index (χ3n) is 4.44. The fraction of sp³-hybridized carbons (Fsp3) is 0.933. The monoisotopic (exact) mass is 268 g/mol. The van der Waals surface area contributed by atoms with Crippen LogP contribution in [0.2, 0.25) is 0 Å². The van der Waals surface area contributed by atoms with Crippen molar-refractivity contribution >= 4 is 5.97 Å². The molecule has 1 saturated carbocycles. The maximum Gasteiger partial charge on any atom is 0.327 e. The first-order valence-electron chi connectivity index (χ1n) is 7.78. The molecule has 0 aromatic heterocycles. The molecule has 1 saturated heterocycles. The SMILES string of the molecule is CCCNC(CN1CCCCC1)(C(=O)OC)C1CC1. The Labute approximate surface area is 116 Å². The molecule has 1 aliphatic heterocycles. The lowest BCUT2D eigenvalue weighted by molar-refractivity contribution is -0.151. The van der Waals surface area contributed by atoms with Crippen molar-refractivity contribution in [2.24, 2.45) is 5.92 Å². The molecule has 1 aliphatic carbocycles. The summed E-state index contributed by atoms with van der Waals surface area (Å²) in [6, 6.07) is 0. The van der Waals surface area contributed by atoms with Crippen LogP contribution in [0.4, 0.5) is 0 Å². The molecule has 0 radical (unpaired) electrons. The highest BCUT2D eigenvalue weighted by Crippen LogP contribution is 2.41. The number of methoxy groups -OCH3 is 1. The summed E-state index contributed by atoms with van der Waals surface area (Å²) in [5.41, 5.74) is -0.456. The zero-order valence-electron chi connectivity index (χ0n) is 12.4. The van der Waals surface area contributed by atoms with Gasteiger partial charge < -0.3 is 15.0 Å². The lowest BCUT2D eigenvalue weighted by Crippen LogP contribution is -2.61. The van der Waals surface area contributed by atoms with Crippen molar-refractivity contribution in [3.05, 3.63) is 0 Å². The summed E-state index contributed by atoms with van der Waals surface area (Å²) >= 11 is 0. The van der Waals surface area contributed by atoms with Gasteiger partial charge in [-0.3, -0.25) is 0 Å². The molecule has 0 aromatic rings. The van der Waals surface area contributed by atoms with E-state index in [1.807, 2.05) is 0 Å². The van der Waals surface area contributed by atoms with Crippen LogP contribution in [0, 0.1) is 5.92 Å². The van der Waals surface area contributed by atoms with Gasteiger partial charge in [-0.25, -0.2) is 4.79 Å². The minimum absolute atomic E-state index is 0.0611. The van der Waals surface area contributed by atoms with Crippen molar-refractivity contribution in [2.75, 3.05) is 33.3 Å². The molecule has 0 amide bonds. The van der Waals surface area contributed by atoms with Crippen LogP contribution in [0.5, 0.6) is 0 Å². The van der Waals surface area contributed by atoms with E-state index < -0.39 is 5.54 Å². The number of nitrogens with zero attached hydrogens (tertiary/aromatic N) is 1. The van der Waals surface area contributed by atoms with Gasteiger partial charge in [0.05, 0.1) is 7.11 Å². The number of carbonyl (C=O) groups is 1. The molecular formula is C15H28N2O2. The highest BCUT2D eigenvalue weighted by atomic mass is 16.5. The Bertz CT molecular complexity index is 299. The van der Waals surface area contributed by atoms with Gasteiger partial charge in [-0.05, 0) is 57.7 Å². The fourth-order valence-electron chi connectivity index (χ4n) is 3.21. The smallest absolute Gasteiger partial charge is 0.327 e. The van der Waals surface area contributed by atoms with E-state index in [0.29, 0.717) is 5.92 Å². The van der Waals surface area contributed by atoms with Gasteiger partial charge in [0, 0.05) is 6.54 Å². The Morgan fingerprint density at radius 1 is 1.32 bits per heavy atom. The molecule has 1 unspecified atom stereocenters. The Morgan fingerprint density at radius 3 is 2.53 bits per heavy atom. The van der Waals surface area contributed by atoms with Crippen LogP contribution >= 0.6 is 0 Å². The minimum atomic E-state index is -0.456. The standard InChI is InChI=1S/C15H28N2O2/c1-3-9-16-15(13-7-8-13,14(18)19-2)12-17-10-5-4-6-11-17/h13,16H,3-12H2,1-2H3. The van der Waals surface area contributed by atoms with Gasteiger partial charge >= 0.3 is 5.97 Å². The van der Waals surface area contributed by atoms with Crippen molar-refractivity contribution in [1.82, 2.24) is 10.2 Å². The molecule has 19 heavy (non-hydrogen) atoms. The summed E-state index contributed by atoms with van der Waals surface area (Å²) in [4.78, 5) is 14.8. The normalized spacial score (nSPS) is 23.9. The molecule has 2 aliphatic rings. The summed E-state index contributed by atoms with van der Waals surface area (Å²) in [6.07, 6.45) is 7.20. The Balaban J connectivity index is 2.08. The summed E-state index contributed by atoms with van der Waals surface area (Å²) in [5, 5.41) is 3.53. The third kappa shape index (κ3) is 3.48. The van der Waals surface area contributed by atoms with E-state index in [0.717, 1.165) is 45.4 Å². The average molecular weight is 268 g/mol. The quantitative estimate of drug-likeness (QED) is 0.715. The number of likely N-dealkylation sites (tertiary alicyclic amines) is 1. The molecule has 110 valence electrons. The summed E-state index contributed by atoms with van der Waals surface area (Å²) in [7, 11) is 1.52. The van der Waals surface area contributed by atoms with E-state index in [-0.39, 0.29) is 5.97 Å². The van der Waals surface area contributed by atoms with Crippen molar-refractivity contribution in [2.45, 2.75) is 51.0 Å². The molecular weight excluding hydrogens is 240 g/mol. The van der Waals surface area contributed by atoms with E-state index >= 15 is 0 Å². The molecule has 1 atom stereocenters. The average Bonchev–Trinajstić information content (AvgIpc) is 3.28. The number of nitrogens with one attached hydrogen (secondary N) is 1. The number of hydrogen-bond acceptors (Lipinski definition) is 4. The van der Waals surface area contributed by atoms with Crippen molar-refractivity contribution in [1.29, 1.82) is 0 Å². The minimum Gasteiger partial charge on any atom is -0.468 e. The largest absolute Gasteiger partial charge is 0.468 e. The van der Waals surface area contributed by atoms with E-state index in [4.69, 9.17) is 4.74 Å². The van der Waals surface area contributed by atoms with Crippen molar-refractivity contribution in [3.8, 4) is 0 Å². The number of hydrogen-bond donors (Lipinski definition) is 1. The van der Waals surface area contributed by atoms with Crippen molar-refractivity contribution in [3.63, 3.8) is 0 Å². The number of esters is 1. The first-order chi connectivity index (χ1) is 9.23. The fourth-order valence-corrected chi connectivity index (χ4v) is 3.21. The van der Waals surface area contributed by atoms with E-state index in [1.165, 1.54) is 26.4 Å². The predicted molar refractivity (Wildman–Crippen MR) is 76.1 cm³/mol. The Hall–Kier alpha value is -0.610. The predicted octanol–water partition coefficient (Wildman–Crippen LogP) is 1.79. The number of carbonyl (C=O) groups excluding carboxylic acids is 1.